The van der Waals surface area contributed by atoms with E-state index >= 15 is 0 Å². The highest BCUT2D eigenvalue weighted by atomic mass is 32.2. The molecule has 5 nitrogen and oxygen atoms in total. The van der Waals surface area contributed by atoms with Crippen molar-refractivity contribution in [3.05, 3.63) is 34.7 Å². The summed E-state index contributed by atoms with van der Waals surface area (Å²) in [5, 5.41) is 13.2. The highest BCUT2D eigenvalue weighted by Crippen LogP contribution is 2.39. The van der Waals surface area contributed by atoms with Gasteiger partial charge in [0.15, 0.2) is 4.34 Å². The number of tetrazole rings is 1. The number of hydrogen-bond acceptors (Lipinski definition) is 6. The Balaban J connectivity index is 1.95. The van der Waals surface area contributed by atoms with Crippen molar-refractivity contribution < 1.29 is 26.3 Å². The van der Waals surface area contributed by atoms with Crippen LogP contribution in [0, 0.1) is 0 Å². The number of benzene rings is 1. The Bertz CT molecular complexity index is 914. The van der Waals surface area contributed by atoms with Gasteiger partial charge < -0.3 is 0 Å². The maximum atomic E-state index is 13.0. The van der Waals surface area contributed by atoms with Crippen molar-refractivity contribution in [3.63, 3.8) is 0 Å². The van der Waals surface area contributed by atoms with Crippen LogP contribution in [0.4, 0.5) is 26.3 Å². The first-order valence-electron chi connectivity index (χ1n) is 7.27. The average Bonchev–Trinajstić information content (AvgIpc) is 3.22. The number of hydrogen-bond donors (Lipinski definition) is 0. The van der Waals surface area contributed by atoms with E-state index in [9.17, 15) is 26.3 Å². The van der Waals surface area contributed by atoms with E-state index in [2.05, 4.69) is 20.4 Å². The second-order valence-corrected chi connectivity index (χ2v) is 7.23. The van der Waals surface area contributed by atoms with E-state index in [1.165, 1.54) is 10.2 Å². The normalized spacial score (nSPS) is 12.6. The Labute approximate surface area is 156 Å². The molecule has 0 saturated heterocycles. The molecule has 13 heteroatoms. The molecule has 0 spiro atoms. The van der Waals surface area contributed by atoms with Crippen LogP contribution in [-0.2, 0) is 18.9 Å². The van der Waals surface area contributed by atoms with E-state index < -0.39 is 23.5 Å². The van der Waals surface area contributed by atoms with E-state index in [1.54, 1.807) is 0 Å². The van der Waals surface area contributed by atoms with Gasteiger partial charge in [0.2, 0.25) is 5.16 Å². The van der Waals surface area contributed by atoms with Crippen molar-refractivity contribution in [2.75, 3.05) is 0 Å². The fourth-order valence-electron chi connectivity index (χ4n) is 2.02. The third-order valence-electron chi connectivity index (χ3n) is 3.26. The molecule has 0 aliphatic carbocycles. The molecule has 0 aliphatic heterocycles. The molecule has 2 aromatic heterocycles. The Kier molecular flexibility index (Phi) is 5.16. The number of nitrogens with zero attached hydrogens (tertiary/aromatic N) is 5. The van der Waals surface area contributed by atoms with E-state index in [-0.39, 0.29) is 22.5 Å². The summed E-state index contributed by atoms with van der Waals surface area (Å²) < 4.78 is 78.2. The van der Waals surface area contributed by atoms with Crippen molar-refractivity contribution in [1.82, 2.24) is 25.2 Å². The summed E-state index contributed by atoms with van der Waals surface area (Å²) in [5.41, 5.74) is -3.04. The fraction of sp³-hybridized carbons (Fsp3) is 0.286. The van der Waals surface area contributed by atoms with Gasteiger partial charge in [-0.15, -0.1) is 21.5 Å². The number of aromatic nitrogens is 5. The summed E-state index contributed by atoms with van der Waals surface area (Å²) in [6, 6.07) is 1.37. The van der Waals surface area contributed by atoms with Crippen LogP contribution in [0.15, 0.2) is 33.1 Å². The zero-order valence-electron chi connectivity index (χ0n) is 13.3. The quantitative estimate of drug-likeness (QED) is 0.551. The molecular weight excluding hydrogens is 416 g/mol. The minimum atomic E-state index is -4.91. The van der Waals surface area contributed by atoms with Crippen LogP contribution in [0.1, 0.15) is 18.1 Å². The third kappa shape index (κ3) is 4.58. The number of alkyl halides is 6. The highest BCUT2D eigenvalue weighted by Gasteiger charge is 2.37. The number of halogens is 6. The molecule has 1 aromatic carbocycles. The molecule has 3 aromatic rings. The first-order valence-corrected chi connectivity index (χ1v) is 8.97. The van der Waals surface area contributed by atoms with Crippen molar-refractivity contribution >= 4 is 23.1 Å². The molecule has 2 heterocycles. The Morgan fingerprint density at radius 2 is 1.67 bits per heavy atom. The second-order valence-electron chi connectivity index (χ2n) is 5.16. The molecule has 0 radical (unpaired) electrons. The van der Waals surface area contributed by atoms with Crippen LogP contribution >= 0.6 is 23.1 Å². The molecule has 0 fully saturated rings. The van der Waals surface area contributed by atoms with E-state index in [0.29, 0.717) is 23.0 Å². The molecule has 3 rings (SSSR count). The van der Waals surface area contributed by atoms with Gasteiger partial charge in [0, 0.05) is 10.9 Å². The summed E-state index contributed by atoms with van der Waals surface area (Å²) in [5.74, 6) is 0. The lowest BCUT2D eigenvalue weighted by molar-refractivity contribution is -0.143. The summed E-state index contributed by atoms with van der Waals surface area (Å²) >= 11 is 2.07. The SMILES string of the molecule is CCn1nnc(Sc2nc(-c3cc(C(F)(F)F)cc(C(F)(F)F)c3)cs2)n1. The van der Waals surface area contributed by atoms with Crippen LogP contribution in [-0.4, -0.2) is 25.2 Å². The molecule has 0 amide bonds. The van der Waals surface area contributed by atoms with Crippen LogP contribution in [0.25, 0.3) is 11.3 Å². The van der Waals surface area contributed by atoms with Crippen molar-refractivity contribution in [1.29, 1.82) is 0 Å². The van der Waals surface area contributed by atoms with E-state index in [1.807, 2.05) is 6.92 Å². The number of rotatable bonds is 4. The van der Waals surface area contributed by atoms with Gasteiger partial charge in [-0.25, -0.2) is 4.98 Å². The minimum Gasteiger partial charge on any atom is -0.229 e. The second kappa shape index (κ2) is 7.11. The Morgan fingerprint density at radius 3 is 2.19 bits per heavy atom. The van der Waals surface area contributed by atoms with Crippen molar-refractivity contribution in [2.24, 2.45) is 0 Å². The molecule has 0 atom stereocenters. The largest absolute Gasteiger partial charge is 0.416 e. The van der Waals surface area contributed by atoms with E-state index in [0.717, 1.165) is 23.1 Å². The van der Waals surface area contributed by atoms with Gasteiger partial charge in [0.25, 0.3) is 0 Å². The maximum absolute atomic E-state index is 13.0. The van der Waals surface area contributed by atoms with Gasteiger partial charge in [-0.05, 0) is 42.1 Å². The van der Waals surface area contributed by atoms with E-state index in [4.69, 9.17) is 0 Å². The molecular formula is C14H9F6N5S2. The first kappa shape index (κ1) is 19.6. The van der Waals surface area contributed by atoms with Crippen LogP contribution in [0.3, 0.4) is 0 Å². The third-order valence-corrected chi connectivity index (χ3v) is 5.05. The first-order chi connectivity index (χ1) is 12.6. The molecule has 0 saturated carbocycles. The number of thiazole rings is 1. The summed E-state index contributed by atoms with van der Waals surface area (Å²) in [6.45, 7) is 2.31. The molecule has 27 heavy (non-hydrogen) atoms. The predicted molar refractivity (Wildman–Crippen MR) is 85.2 cm³/mol. The summed E-state index contributed by atoms with van der Waals surface area (Å²) in [6.07, 6.45) is -9.82. The van der Waals surface area contributed by atoms with Gasteiger partial charge in [-0.3, -0.25) is 0 Å². The monoisotopic (exact) mass is 425 g/mol. The van der Waals surface area contributed by atoms with Crippen LogP contribution < -0.4 is 0 Å². The molecule has 144 valence electrons. The zero-order valence-corrected chi connectivity index (χ0v) is 15.0. The summed E-state index contributed by atoms with van der Waals surface area (Å²) in [7, 11) is 0. The molecule has 0 N–H and O–H groups in total. The Morgan fingerprint density at radius 1 is 1.04 bits per heavy atom. The van der Waals surface area contributed by atoms with Crippen LogP contribution in [0.2, 0.25) is 0 Å². The van der Waals surface area contributed by atoms with Crippen molar-refractivity contribution in [2.45, 2.75) is 35.3 Å². The minimum absolute atomic E-state index is 0.00184. The smallest absolute Gasteiger partial charge is 0.229 e. The van der Waals surface area contributed by atoms with Gasteiger partial charge >= 0.3 is 12.4 Å². The van der Waals surface area contributed by atoms with Crippen molar-refractivity contribution in [3.8, 4) is 11.3 Å². The number of aryl methyl sites for hydroxylation is 1. The standard InChI is InChI=1S/C14H9F6N5S2/c1-2-25-23-11(22-24-25)27-12-21-10(6-26-12)7-3-8(13(15,16)17)5-9(4-7)14(18,19)20/h3-6H,2H2,1H3. The maximum Gasteiger partial charge on any atom is 0.416 e. The highest BCUT2D eigenvalue weighted by molar-refractivity contribution is 8.00. The average molecular weight is 425 g/mol. The zero-order chi connectivity index (χ0) is 19.8. The summed E-state index contributed by atoms with van der Waals surface area (Å²) in [4.78, 5) is 5.42. The van der Waals surface area contributed by atoms with Gasteiger partial charge in [-0.1, -0.05) is 0 Å². The molecule has 0 unspecified atom stereocenters. The predicted octanol–water partition coefficient (Wildman–Crippen LogP) is 5.01. The van der Waals surface area contributed by atoms with Gasteiger partial charge in [0.05, 0.1) is 23.4 Å². The lowest BCUT2D eigenvalue weighted by Gasteiger charge is -2.13. The molecule has 0 aliphatic rings. The Hall–Kier alpha value is -2.15. The van der Waals surface area contributed by atoms with Gasteiger partial charge in [0.1, 0.15) is 0 Å². The lowest BCUT2D eigenvalue weighted by atomic mass is 10.0. The molecule has 0 bridgehead atoms. The van der Waals surface area contributed by atoms with Gasteiger partial charge in [-0.2, -0.15) is 31.1 Å². The topological polar surface area (TPSA) is 56.5 Å². The van der Waals surface area contributed by atoms with Crippen LogP contribution in [0.5, 0.6) is 0 Å². The lowest BCUT2D eigenvalue weighted by Crippen LogP contribution is -2.11. The fourth-order valence-corrected chi connectivity index (χ4v) is 3.65.